The van der Waals surface area contributed by atoms with E-state index in [9.17, 15) is 14.4 Å². The molecule has 160 valence electrons. The summed E-state index contributed by atoms with van der Waals surface area (Å²) in [7, 11) is 1.60. The number of methoxy groups -OCH3 is 1. The highest BCUT2D eigenvalue weighted by atomic mass is 16.5. The Morgan fingerprint density at radius 3 is 2.26 bits per heavy atom. The molecule has 0 spiro atoms. The van der Waals surface area contributed by atoms with E-state index in [4.69, 9.17) is 4.74 Å². The summed E-state index contributed by atoms with van der Waals surface area (Å²) in [6.45, 7) is 5.27. The fraction of sp³-hybridized carbons (Fsp3) is 0.240. The molecule has 0 fully saturated rings. The molecule has 0 aromatic heterocycles. The third kappa shape index (κ3) is 4.43. The summed E-state index contributed by atoms with van der Waals surface area (Å²) in [5.74, 6) is 0.0706. The largest absolute Gasteiger partial charge is 0.497 e. The molecule has 0 aliphatic carbocycles. The van der Waals surface area contributed by atoms with E-state index in [1.807, 2.05) is 61.5 Å². The van der Waals surface area contributed by atoms with Gasteiger partial charge in [-0.2, -0.15) is 0 Å². The van der Waals surface area contributed by atoms with E-state index in [-0.39, 0.29) is 5.78 Å². The second-order valence-corrected chi connectivity index (χ2v) is 7.20. The molecule has 1 aliphatic rings. The van der Waals surface area contributed by atoms with E-state index in [0.29, 0.717) is 23.4 Å². The van der Waals surface area contributed by atoms with E-state index < -0.39 is 18.0 Å². The van der Waals surface area contributed by atoms with Crippen LogP contribution >= 0.6 is 0 Å². The van der Waals surface area contributed by atoms with E-state index in [1.54, 1.807) is 20.1 Å². The van der Waals surface area contributed by atoms with Gasteiger partial charge in [0.15, 0.2) is 5.78 Å². The van der Waals surface area contributed by atoms with Crippen molar-refractivity contribution in [3.63, 3.8) is 0 Å². The third-order valence-electron chi connectivity index (χ3n) is 5.34. The number of ether oxygens (including phenoxy) is 1. The van der Waals surface area contributed by atoms with Crippen LogP contribution in [0, 0.1) is 0 Å². The lowest BCUT2D eigenvalue weighted by atomic mass is 9.90. The first-order valence-corrected chi connectivity index (χ1v) is 10.1. The number of carbonyl (C=O) groups is 3. The smallest absolute Gasteiger partial charge is 0.331 e. The number of nitrogens with zero attached hydrogens (tertiary/aromatic N) is 2. The molecule has 0 saturated heterocycles. The van der Waals surface area contributed by atoms with Crippen molar-refractivity contribution in [2.24, 2.45) is 0 Å². The summed E-state index contributed by atoms with van der Waals surface area (Å²) in [4.78, 5) is 41.6. The summed E-state index contributed by atoms with van der Waals surface area (Å²) in [6, 6.07) is 15.3. The van der Waals surface area contributed by atoms with Gasteiger partial charge < -0.3 is 4.74 Å². The monoisotopic (exact) mass is 418 g/mol. The Morgan fingerprint density at radius 1 is 1.06 bits per heavy atom. The maximum Gasteiger partial charge on any atom is 0.331 e. The van der Waals surface area contributed by atoms with Crippen molar-refractivity contribution < 1.29 is 19.1 Å². The van der Waals surface area contributed by atoms with Gasteiger partial charge in [-0.25, -0.2) is 4.79 Å². The number of rotatable bonds is 6. The maximum atomic E-state index is 13.4. The standard InChI is InChI=1S/C25H26N2O4/c1-5-26-17(2)23(22(29)16-13-19-11-14-21(31-4)15-12-19)24(20-9-7-6-8-10-20)27(18(3)28)25(26)30/h6-16,24H,5H2,1-4H3/b16-13+. The van der Waals surface area contributed by atoms with Crippen molar-refractivity contribution in [2.75, 3.05) is 13.7 Å². The fourth-order valence-corrected chi connectivity index (χ4v) is 3.79. The van der Waals surface area contributed by atoms with Gasteiger partial charge in [0.1, 0.15) is 5.75 Å². The van der Waals surface area contributed by atoms with Crippen LogP contribution in [0.5, 0.6) is 5.75 Å². The Morgan fingerprint density at radius 2 is 1.71 bits per heavy atom. The lowest BCUT2D eigenvalue weighted by molar-refractivity contribution is -0.128. The zero-order valence-corrected chi connectivity index (χ0v) is 18.2. The Labute approximate surface area is 182 Å². The second kappa shape index (κ2) is 9.43. The predicted molar refractivity (Wildman–Crippen MR) is 119 cm³/mol. The number of hydrogen-bond donors (Lipinski definition) is 0. The van der Waals surface area contributed by atoms with Gasteiger partial charge in [0.05, 0.1) is 13.2 Å². The predicted octanol–water partition coefficient (Wildman–Crippen LogP) is 4.60. The molecule has 3 amide bonds. The molecule has 0 bridgehead atoms. The number of imide groups is 1. The highest BCUT2D eigenvalue weighted by molar-refractivity contribution is 6.10. The molecular weight excluding hydrogens is 392 g/mol. The lowest BCUT2D eigenvalue weighted by Gasteiger charge is -2.41. The molecule has 2 aromatic carbocycles. The molecule has 3 rings (SSSR count). The van der Waals surface area contributed by atoms with Crippen molar-refractivity contribution in [3.05, 3.63) is 83.1 Å². The van der Waals surface area contributed by atoms with Crippen LogP contribution in [0.3, 0.4) is 0 Å². The molecular formula is C25H26N2O4. The third-order valence-corrected chi connectivity index (χ3v) is 5.34. The van der Waals surface area contributed by atoms with Crippen LogP contribution in [0.15, 0.2) is 71.9 Å². The minimum atomic E-state index is -0.776. The molecule has 2 aromatic rings. The molecule has 1 unspecified atom stereocenters. The minimum absolute atomic E-state index is 0.251. The number of allylic oxidation sites excluding steroid dienone is 2. The molecule has 6 nitrogen and oxygen atoms in total. The van der Waals surface area contributed by atoms with Gasteiger partial charge in [-0.05, 0) is 43.2 Å². The normalized spacial score (nSPS) is 16.8. The molecule has 6 heteroatoms. The SMILES string of the molecule is CCN1C(=O)N(C(C)=O)C(c2ccccc2)C(C(=O)/C=C/c2ccc(OC)cc2)=C1C. The quantitative estimate of drug-likeness (QED) is 0.643. The first kappa shape index (κ1) is 22.0. The maximum absolute atomic E-state index is 13.4. The Kier molecular flexibility index (Phi) is 6.70. The molecule has 31 heavy (non-hydrogen) atoms. The summed E-state index contributed by atoms with van der Waals surface area (Å²) < 4.78 is 5.16. The van der Waals surface area contributed by atoms with Crippen LogP contribution in [0.2, 0.25) is 0 Å². The number of amides is 3. The van der Waals surface area contributed by atoms with Gasteiger partial charge >= 0.3 is 6.03 Å². The number of hydrogen-bond acceptors (Lipinski definition) is 4. The number of ketones is 1. The Bertz CT molecular complexity index is 1040. The van der Waals surface area contributed by atoms with Crippen molar-refractivity contribution in [2.45, 2.75) is 26.8 Å². The van der Waals surface area contributed by atoms with E-state index >= 15 is 0 Å². The first-order valence-electron chi connectivity index (χ1n) is 10.1. The Hall–Kier alpha value is -3.67. The lowest BCUT2D eigenvalue weighted by Crippen LogP contribution is -2.52. The Balaban J connectivity index is 2.08. The highest BCUT2D eigenvalue weighted by Gasteiger charge is 2.42. The summed E-state index contributed by atoms with van der Waals surface area (Å²) in [6.07, 6.45) is 3.20. The van der Waals surface area contributed by atoms with Gasteiger partial charge in [0, 0.05) is 24.7 Å². The van der Waals surface area contributed by atoms with Gasteiger partial charge in [0.2, 0.25) is 5.91 Å². The van der Waals surface area contributed by atoms with Crippen molar-refractivity contribution in [1.82, 2.24) is 9.80 Å². The van der Waals surface area contributed by atoms with Crippen LogP contribution in [0.1, 0.15) is 37.9 Å². The summed E-state index contributed by atoms with van der Waals surface area (Å²) in [5.41, 5.74) is 2.52. The number of urea groups is 1. The van der Waals surface area contributed by atoms with Crippen LogP contribution in [-0.2, 0) is 9.59 Å². The number of carbonyl (C=O) groups excluding carboxylic acids is 3. The van der Waals surface area contributed by atoms with Crippen LogP contribution < -0.4 is 4.74 Å². The molecule has 1 atom stereocenters. The average Bonchev–Trinajstić information content (AvgIpc) is 2.78. The van der Waals surface area contributed by atoms with E-state index in [0.717, 1.165) is 11.3 Å². The van der Waals surface area contributed by atoms with E-state index in [2.05, 4.69) is 0 Å². The van der Waals surface area contributed by atoms with E-state index in [1.165, 1.54) is 22.8 Å². The van der Waals surface area contributed by atoms with Gasteiger partial charge in [-0.3, -0.25) is 19.4 Å². The number of benzene rings is 2. The molecule has 1 aliphatic heterocycles. The van der Waals surface area contributed by atoms with Crippen LogP contribution in [0.4, 0.5) is 4.79 Å². The van der Waals surface area contributed by atoms with Crippen LogP contribution in [-0.4, -0.2) is 41.2 Å². The summed E-state index contributed by atoms with van der Waals surface area (Å²) in [5, 5.41) is 0. The molecule has 0 radical (unpaired) electrons. The fourth-order valence-electron chi connectivity index (χ4n) is 3.79. The highest BCUT2D eigenvalue weighted by Crippen LogP contribution is 2.37. The summed E-state index contributed by atoms with van der Waals surface area (Å²) >= 11 is 0. The van der Waals surface area contributed by atoms with Crippen molar-refractivity contribution in [3.8, 4) is 5.75 Å². The zero-order chi connectivity index (χ0) is 22.5. The van der Waals surface area contributed by atoms with Gasteiger partial charge in [-0.1, -0.05) is 48.5 Å². The first-order chi connectivity index (χ1) is 14.9. The van der Waals surface area contributed by atoms with Gasteiger partial charge in [0.25, 0.3) is 0 Å². The minimum Gasteiger partial charge on any atom is -0.497 e. The molecule has 0 saturated carbocycles. The molecule has 1 heterocycles. The van der Waals surface area contributed by atoms with Crippen molar-refractivity contribution >= 4 is 23.8 Å². The van der Waals surface area contributed by atoms with Gasteiger partial charge in [-0.15, -0.1) is 0 Å². The second-order valence-electron chi connectivity index (χ2n) is 7.20. The zero-order valence-electron chi connectivity index (χ0n) is 18.2. The van der Waals surface area contributed by atoms with Crippen molar-refractivity contribution in [1.29, 1.82) is 0 Å². The topological polar surface area (TPSA) is 66.9 Å². The average molecular weight is 418 g/mol. The molecule has 0 N–H and O–H groups in total. The van der Waals surface area contributed by atoms with Crippen LogP contribution in [0.25, 0.3) is 6.08 Å².